The molecule has 53 heavy (non-hydrogen) atoms. The van der Waals surface area contributed by atoms with Crippen LogP contribution in [-0.2, 0) is 29.1 Å². The lowest BCUT2D eigenvalue weighted by Crippen LogP contribution is -2.58. The van der Waals surface area contributed by atoms with Gasteiger partial charge in [0.15, 0.2) is 0 Å². The molecule has 15 nitrogen and oxygen atoms in total. The van der Waals surface area contributed by atoms with Gasteiger partial charge < -0.3 is 24.8 Å². The van der Waals surface area contributed by atoms with E-state index in [0.29, 0.717) is 36.7 Å². The van der Waals surface area contributed by atoms with Crippen LogP contribution in [0.25, 0.3) is 11.0 Å². The summed E-state index contributed by atoms with van der Waals surface area (Å²) in [5, 5.41) is 15.1. The first-order valence-electron chi connectivity index (χ1n) is 18.8. The number of aliphatic hydroxyl groups excluding tert-OH is 1. The standard InChI is InChI=1S/C36H49BN6O9S/c1-22-13-16-26-27(17-22)39-30(20-38-26)51-24-18-28(31(44)41-36(19-29(36)37)34(47)42-53(49,50)25-14-15-25)43(21-24)33(46)32(45)40-35(48)52-23-11-9-7-5-3-2-4-6-8-10-12-23/h13,16-17,20,23-25,28-29,32,45H,2-12,14-15,18-19,21H2,1H3,(H,40,48)(H,41,44)(H,42,47). The van der Waals surface area contributed by atoms with E-state index >= 15 is 0 Å². The highest BCUT2D eigenvalue weighted by Gasteiger charge is 2.60. The van der Waals surface area contributed by atoms with Gasteiger partial charge in [0.25, 0.3) is 11.8 Å². The highest BCUT2D eigenvalue weighted by atomic mass is 32.2. The minimum absolute atomic E-state index is 0.0192. The SMILES string of the molecule is [B]C1CC1(NC(=O)C1CC(Oc2cnc3ccc(C)cc3n2)CN1C(=O)C(O)NC(=O)OC1CCCCCCCCCCC1)C(=O)NS(=O)(=O)C1CC1. The topological polar surface area (TPSA) is 206 Å². The molecule has 2 aromatic rings. The first-order chi connectivity index (χ1) is 25.3. The van der Waals surface area contributed by atoms with Gasteiger partial charge in [-0.25, -0.2) is 23.2 Å². The molecule has 2 radical (unpaired) electrons. The zero-order valence-corrected chi connectivity index (χ0v) is 30.9. The highest BCUT2D eigenvalue weighted by Crippen LogP contribution is 2.47. The lowest BCUT2D eigenvalue weighted by atomic mass is 9.96. The van der Waals surface area contributed by atoms with Crippen molar-refractivity contribution in [2.24, 2.45) is 0 Å². The first-order valence-corrected chi connectivity index (χ1v) is 20.4. The maximum absolute atomic E-state index is 13.9. The summed E-state index contributed by atoms with van der Waals surface area (Å²) in [7, 11) is 2.15. The number of likely N-dealkylation sites (tertiary alicyclic amines) is 1. The Bertz CT molecular complexity index is 1780. The van der Waals surface area contributed by atoms with E-state index in [4.69, 9.17) is 17.3 Å². The quantitative estimate of drug-likeness (QED) is 0.205. The predicted molar refractivity (Wildman–Crippen MR) is 194 cm³/mol. The number of amides is 4. The van der Waals surface area contributed by atoms with Crippen LogP contribution in [0.1, 0.15) is 102 Å². The second kappa shape index (κ2) is 16.6. The number of nitrogens with one attached hydrogen (secondary N) is 3. The molecule has 6 rings (SSSR count). The van der Waals surface area contributed by atoms with Crippen molar-refractivity contribution in [1.29, 1.82) is 0 Å². The molecule has 1 aromatic heterocycles. The highest BCUT2D eigenvalue weighted by molar-refractivity contribution is 7.91. The number of carbonyl (C=O) groups is 4. The van der Waals surface area contributed by atoms with E-state index in [9.17, 15) is 32.7 Å². The third-order valence-corrected chi connectivity index (χ3v) is 12.4. The van der Waals surface area contributed by atoms with E-state index in [2.05, 4.69) is 25.3 Å². The van der Waals surface area contributed by atoms with E-state index in [-0.39, 0.29) is 31.4 Å². The van der Waals surface area contributed by atoms with Crippen LogP contribution in [0.4, 0.5) is 4.79 Å². The van der Waals surface area contributed by atoms with Crippen molar-refractivity contribution in [1.82, 2.24) is 30.2 Å². The van der Waals surface area contributed by atoms with Crippen molar-refractivity contribution in [3.05, 3.63) is 30.0 Å². The fraction of sp³-hybridized carbons (Fsp3) is 0.667. The number of carbonyl (C=O) groups excluding carboxylic acids is 4. The minimum atomic E-state index is -3.93. The van der Waals surface area contributed by atoms with Crippen molar-refractivity contribution in [3.63, 3.8) is 0 Å². The van der Waals surface area contributed by atoms with Crippen molar-refractivity contribution in [2.45, 2.75) is 144 Å². The summed E-state index contributed by atoms with van der Waals surface area (Å²) in [6, 6.07) is 4.27. The van der Waals surface area contributed by atoms with Crippen LogP contribution in [0.15, 0.2) is 24.4 Å². The van der Waals surface area contributed by atoms with Crippen molar-refractivity contribution >= 4 is 52.7 Å². The number of aryl methyl sites for hydroxylation is 1. The number of hydrogen-bond acceptors (Lipinski definition) is 11. The number of benzene rings is 1. The van der Waals surface area contributed by atoms with Crippen LogP contribution < -0.4 is 20.1 Å². The largest absolute Gasteiger partial charge is 0.471 e. The molecule has 3 saturated carbocycles. The Labute approximate surface area is 311 Å². The van der Waals surface area contributed by atoms with Gasteiger partial charge in [-0.2, -0.15) is 0 Å². The molecule has 4 fully saturated rings. The lowest BCUT2D eigenvalue weighted by Gasteiger charge is -2.28. The van der Waals surface area contributed by atoms with Crippen LogP contribution in [0.2, 0.25) is 5.82 Å². The zero-order valence-electron chi connectivity index (χ0n) is 30.1. The maximum Gasteiger partial charge on any atom is 0.409 e. The molecular weight excluding hydrogens is 703 g/mol. The summed E-state index contributed by atoms with van der Waals surface area (Å²) in [6.45, 7) is 1.72. The molecule has 2 heterocycles. The molecule has 1 aliphatic heterocycles. The Morgan fingerprint density at radius 2 is 1.60 bits per heavy atom. The number of aliphatic hydroxyl groups is 1. The molecule has 1 saturated heterocycles. The molecular formula is C36H49BN6O9S. The number of hydrogen-bond donors (Lipinski definition) is 4. The molecule has 3 aliphatic carbocycles. The van der Waals surface area contributed by atoms with Gasteiger partial charge in [0.1, 0.15) is 23.8 Å². The zero-order chi connectivity index (χ0) is 37.8. The van der Waals surface area contributed by atoms with Gasteiger partial charge in [0, 0.05) is 6.42 Å². The molecule has 4 N–H and O–H groups in total. The molecule has 5 unspecified atom stereocenters. The lowest BCUT2D eigenvalue weighted by molar-refractivity contribution is -0.147. The number of ether oxygens (including phenoxy) is 2. The summed E-state index contributed by atoms with van der Waals surface area (Å²) in [5.41, 5.74) is 0.488. The average molecular weight is 753 g/mol. The van der Waals surface area contributed by atoms with E-state index < -0.39 is 68.8 Å². The van der Waals surface area contributed by atoms with Gasteiger partial charge >= 0.3 is 6.09 Å². The molecule has 0 spiro atoms. The summed E-state index contributed by atoms with van der Waals surface area (Å²) in [5.74, 6) is -3.48. The molecule has 4 amide bonds. The number of nitrogens with zero attached hydrogens (tertiary/aromatic N) is 3. The van der Waals surface area contributed by atoms with Gasteiger partial charge in [-0.1, -0.05) is 51.0 Å². The van der Waals surface area contributed by atoms with Crippen molar-refractivity contribution in [2.75, 3.05) is 6.54 Å². The Kier molecular flexibility index (Phi) is 12.1. The smallest absolute Gasteiger partial charge is 0.409 e. The molecule has 1 aromatic carbocycles. The molecule has 286 valence electrons. The normalized spacial score (nSPS) is 26.4. The minimum Gasteiger partial charge on any atom is -0.471 e. The molecule has 4 aliphatic rings. The van der Waals surface area contributed by atoms with E-state index in [1.807, 2.05) is 25.1 Å². The second-order valence-corrected chi connectivity index (χ2v) is 16.9. The van der Waals surface area contributed by atoms with Crippen LogP contribution in [0.3, 0.4) is 0 Å². The number of rotatable bonds is 10. The Balaban J connectivity index is 1.14. The number of sulfonamides is 1. The number of fused-ring (bicyclic) bond motifs is 1. The average Bonchev–Trinajstić information content (AvgIpc) is 4.02. The van der Waals surface area contributed by atoms with E-state index in [0.717, 1.165) is 49.0 Å². The van der Waals surface area contributed by atoms with Crippen molar-refractivity contribution in [3.8, 4) is 5.88 Å². The summed E-state index contributed by atoms with van der Waals surface area (Å²) in [6.07, 6.45) is 9.15. The van der Waals surface area contributed by atoms with Gasteiger partial charge in [-0.15, -0.1) is 0 Å². The van der Waals surface area contributed by atoms with Gasteiger partial charge in [0.2, 0.25) is 28.0 Å². The fourth-order valence-electron chi connectivity index (χ4n) is 7.20. The predicted octanol–water partition coefficient (Wildman–Crippen LogP) is 2.83. The first kappa shape index (κ1) is 38.7. The maximum atomic E-state index is 13.9. The van der Waals surface area contributed by atoms with E-state index in [1.54, 1.807) is 0 Å². The Morgan fingerprint density at radius 1 is 0.962 bits per heavy atom. The monoisotopic (exact) mass is 752 g/mol. The molecule has 17 heteroatoms. The fourth-order valence-corrected chi connectivity index (χ4v) is 8.57. The van der Waals surface area contributed by atoms with Gasteiger partial charge in [0.05, 0.1) is 36.9 Å². The van der Waals surface area contributed by atoms with Gasteiger partial charge in [-0.05, 0) is 75.4 Å². The van der Waals surface area contributed by atoms with Gasteiger partial charge in [-0.3, -0.25) is 24.4 Å². The Morgan fingerprint density at radius 3 is 2.23 bits per heavy atom. The summed E-state index contributed by atoms with van der Waals surface area (Å²) < 4.78 is 38.9. The second-order valence-electron chi connectivity index (χ2n) is 15.0. The Hall–Kier alpha value is -3.99. The van der Waals surface area contributed by atoms with Crippen LogP contribution in [0, 0.1) is 6.92 Å². The van der Waals surface area contributed by atoms with Crippen LogP contribution in [0.5, 0.6) is 5.88 Å². The van der Waals surface area contributed by atoms with Crippen molar-refractivity contribution < 1.29 is 42.2 Å². The number of alkyl carbamates (subject to hydrolysis) is 1. The number of aromatic nitrogens is 2. The van der Waals surface area contributed by atoms with Crippen LogP contribution >= 0.6 is 0 Å². The van der Waals surface area contributed by atoms with Crippen LogP contribution in [-0.4, -0.2) is 102 Å². The summed E-state index contributed by atoms with van der Waals surface area (Å²) in [4.78, 5) is 63.7. The van der Waals surface area contributed by atoms with E-state index in [1.165, 1.54) is 25.5 Å². The molecule has 5 atom stereocenters. The molecule has 0 bridgehead atoms. The third-order valence-electron chi connectivity index (χ3n) is 10.6. The third kappa shape index (κ3) is 9.77. The summed E-state index contributed by atoms with van der Waals surface area (Å²) >= 11 is 0.